The number of amides is 1. The summed E-state index contributed by atoms with van der Waals surface area (Å²) < 4.78 is 0. The number of nitrogens with zero attached hydrogens (tertiary/aromatic N) is 2. The molecule has 1 amide bonds. The van der Waals surface area contributed by atoms with E-state index in [1.165, 1.54) is 12.1 Å². The second-order valence-electron chi connectivity index (χ2n) is 4.99. The van der Waals surface area contributed by atoms with Crippen LogP contribution >= 0.6 is 23.2 Å². The standard InChI is InChI=1S/C14H18Cl2N4O/c1-8(6-17)7-20(3)9(2)14(21)19-13-11(16)4-10(15)5-12(13)18/h4-5,8-9H,7,18H2,1-3H3,(H,19,21). The van der Waals surface area contributed by atoms with Gasteiger partial charge in [-0.2, -0.15) is 5.26 Å². The molecule has 0 bridgehead atoms. The summed E-state index contributed by atoms with van der Waals surface area (Å²) in [5.74, 6) is -0.409. The Kier molecular flexibility index (Phi) is 6.28. The van der Waals surface area contributed by atoms with Crippen molar-refractivity contribution in [3.63, 3.8) is 0 Å². The third kappa shape index (κ3) is 4.78. The highest BCUT2D eigenvalue weighted by Crippen LogP contribution is 2.32. The van der Waals surface area contributed by atoms with Crippen molar-refractivity contribution in [3.8, 4) is 6.07 Å². The fraction of sp³-hybridized carbons (Fsp3) is 0.429. The van der Waals surface area contributed by atoms with Gasteiger partial charge in [0.15, 0.2) is 0 Å². The molecule has 0 aliphatic heterocycles. The average molecular weight is 329 g/mol. The molecule has 2 unspecified atom stereocenters. The molecule has 1 aromatic carbocycles. The highest BCUT2D eigenvalue weighted by atomic mass is 35.5. The third-order valence-electron chi connectivity index (χ3n) is 3.16. The van der Waals surface area contributed by atoms with Gasteiger partial charge >= 0.3 is 0 Å². The number of carbonyl (C=O) groups is 1. The predicted molar refractivity (Wildman–Crippen MR) is 86.4 cm³/mol. The van der Waals surface area contributed by atoms with E-state index < -0.39 is 6.04 Å². The van der Waals surface area contributed by atoms with Gasteiger partial charge in [-0.3, -0.25) is 9.69 Å². The second-order valence-corrected chi connectivity index (χ2v) is 5.83. The van der Waals surface area contributed by atoms with Crippen LogP contribution in [0.1, 0.15) is 13.8 Å². The maximum atomic E-state index is 12.2. The number of rotatable bonds is 5. The Labute approximate surface area is 134 Å². The van der Waals surface area contributed by atoms with E-state index in [9.17, 15) is 4.79 Å². The molecule has 0 aliphatic carbocycles. The van der Waals surface area contributed by atoms with Crippen LogP contribution in [0, 0.1) is 17.2 Å². The highest BCUT2D eigenvalue weighted by molar-refractivity contribution is 6.37. The van der Waals surface area contributed by atoms with Crippen LogP contribution in [-0.4, -0.2) is 30.4 Å². The van der Waals surface area contributed by atoms with Crippen LogP contribution in [0.5, 0.6) is 0 Å². The molecule has 114 valence electrons. The first kappa shape index (κ1) is 17.6. The molecule has 5 nitrogen and oxygen atoms in total. The van der Waals surface area contributed by atoms with E-state index in [-0.39, 0.29) is 16.8 Å². The van der Waals surface area contributed by atoms with Gasteiger partial charge < -0.3 is 11.1 Å². The van der Waals surface area contributed by atoms with Crippen molar-refractivity contribution in [1.29, 1.82) is 5.26 Å². The molecule has 0 heterocycles. The van der Waals surface area contributed by atoms with Crippen molar-refractivity contribution in [1.82, 2.24) is 4.90 Å². The zero-order valence-electron chi connectivity index (χ0n) is 12.2. The molecular weight excluding hydrogens is 311 g/mol. The van der Waals surface area contributed by atoms with Gasteiger partial charge in [0.2, 0.25) is 5.91 Å². The monoisotopic (exact) mass is 328 g/mol. The highest BCUT2D eigenvalue weighted by Gasteiger charge is 2.21. The lowest BCUT2D eigenvalue weighted by Gasteiger charge is -2.25. The number of likely N-dealkylation sites (N-methyl/N-ethyl adjacent to an activating group) is 1. The molecule has 0 spiro atoms. The minimum absolute atomic E-state index is 0.158. The summed E-state index contributed by atoms with van der Waals surface area (Å²) in [4.78, 5) is 14.0. The largest absolute Gasteiger partial charge is 0.397 e. The number of anilines is 2. The lowest BCUT2D eigenvalue weighted by atomic mass is 10.1. The van der Waals surface area contributed by atoms with E-state index in [4.69, 9.17) is 34.2 Å². The van der Waals surface area contributed by atoms with Crippen LogP contribution in [0.2, 0.25) is 10.0 Å². The van der Waals surface area contributed by atoms with Gasteiger partial charge in [0.05, 0.1) is 34.4 Å². The van der Waals surface area contributed by atoms with Gasteiger partial charge in [0.25, 0.3) is 0 Å². The maximum absolute atomic E-state index is 12.2. The zero-order chi connectivity index (χ0) is 16.2. The summed E-state index contributed by atoms with van der Waals surface area (Å²) in [5.41, 5.74) is 6.46. The quantitative estimate of drug-likeness (QED) is 0.814. The smallest absolute Gasteiger partial charge is 0.241 e. The Morgan fingerprint density at radius 3 is 2.62 bits per heavy atom. The lowest BCUT2D eigenvalue weighted by Crippen LogP contribution is -2.41. The van der Waals surface area contributed by atoms with Crippen LogP contribution in [0.15, 0.2) is 12.1 Å². The number of halogens is 2. The van der Waals surface area contributed by atoms with Crippen LogP contribution in [0.4, 0.5) is 11.4 Å². The number of hydrogen-bond donors (Lipinski definition) is 2. The van der Waals surface area contributed by atoms with Crippen molar-refractivity contribution >= 4 is 40.5 Å². The van der Waals surface area contributed by atoms with Gasteiger partial charge in [-0.05, 0) is 33.0 Å². The minimum Gasteiger partial charge on any atom is -0.397 e. The normalized spacial score (nSPS) is 13.6. The zero-order valence-corrected chi connectivity index (χ0v) is 13.7. The number of nitrogens with two attached hydrogens (primary N) is 1. The van der Waals surface area contributed by atoms with E-state index >= 15 is 0 Å². The first-order chi connectivity index (χ1) is 9.76. The fourth-order valence-electron chi connectivity index (χ4n) is 1.78. The van der Waals surface area contributed by atoms with Crippen molar-refractivity contribution < 1.29 is 4.79 Å². The lowest BCUT2D eigenvalue weighted by molar-refractivity contribution is -0.120. The number of carbonyl (C=O) groups excluding carboxylic acids is 1. The summed E-state index contributed by atoms with van der Waals surface area (Å²) in [6, 6.07) is 4.75. The summed E-state index contributed by atoms with van der Waals surface area (Å²) >= 11 is 11.9. The SMILES string of the molecule is CC(C#N)CN(C)C(C)C(=O)Nc1c(N)cc(Cl)cc1Cl. The molecule has 21 heavy (non-hydrogen) atoms. The molecule has 3 N–H and O–H groups in total. The van der Waals surface area contributed by atoms with E-state index in [1.54, 1.807) is 25.8 Å². The van der Waals surface area contributed by atoms with Gasteiger partial charge in [0.1, 0.15) is 0 Å². The Hall–Kier alpha value is -1.48. The molecule has 1 rings (SSSR count). The van der Waals surface area contributed by atoms with E-state index in [2.05, 4.69) is 11.4 Å². The van der Waals surface area contributed by atoms with Crippen molar-refractivity contribution in [2.24, 2.45) is 5.92 Å². The molecule has 2 atom stereocenters. The molecule has 0 saturated heterocycles. The topological polar surface area (TPSA) is 82.2 Å². The van der Waals surface area contributed by atoms with Crippen LogP contribution in [-0.2, 0) is 4.79 Å². The summed E-state index contributed by atoms with van der Waals surface area (Å²) in [6.07, 6.45) is 0. The summed E-state index contributed by atoms with van der Waals surface area (Å²) in [5, 5.41) is 12.2. The Balaban J connectivity index is 2.80. The van der Waals surface area contributed by atoms with Gasteiger partial charge in [-0.15, -0.1) is 0 Å². The molecule has 0 aliphatic rings. The Bertz CT molecular complexity index is 548. The van der Waals surface area contributed by atoms with E-state index in [1.807, 2.05) is 0 Å². The summed E-state index contributed by atoms with van der Waals surface area (Å²) in [6.45, 7) is 4.05. The van der Waals surface area contributed by atoms with Crippen molar-refractivity contribution in [2.45, 2.75) is 19.9 Å². The average Bonchev–Trinajstić information content (AvgIpc) is 2.41. The molecule has 1 aromatic rings. The minimum atomic E-state index is -0.424. The predicted octanol–water partition coefficient (Wildman–Crippen LogP) is 2.99. The first-order valence-corrected chi connectivity index (χ1v) is 7.17. The van der Waals surface area contributed by atoms with E-state index in [0.717, 1.165) is 0 Å². The summed E-state index contributed by atoms with van der Waals surface area (Å²) in [7, 11) is 1.78. The second kappa shape index (κ2) is 7.51. The maximum Gasteiger partial charge on any atom is 0.241 e. The molecule has 0 aromatic heterocycles. The van der Waals surface area contributed by atoms with Gasteiger partial charge in [-0.1, -0.05) is 23.2 Å². The van der Waals surface area contributed by atoms with Crippen molar-refractivity contribution in [3.05, 3.63) is 22.2 Å². The van der Waals surface area contributed by atoms with Crippen LogP contribution < -0.4 is 11.1 Å². The first-order valence-electron chi connectivity index (χ1n) is 6.41. The van der Waals surface area contributed by atoms with Crippen LogP contribution in [0.3, 0.4) is 0 Å². The molecule has 0 saturated carbocycles. The van der Waals surface area contributed by atoms with Gasteiger partial charge in [0, 0.05) is 11.6 Å². The van der Waals surface area contributed by atoms with E-state index in [0.29, 0.717) is 22.9 Å². The van der Waals surface area contributed by atoms with Crippen LogP contribution in [0.25, 0.3) is 0 Å². The molecule has 0 fully saturated rings. The fourth-order valence-corrected chi connectivity index (χ4v) is 2.34. The number of nitrogens with one attached hydrogen (secondary N) is 1. The Morgan fingerprint density at radius 2 is 2.10 bits per heavy atom. The van der Waals surface area contributed by atoms with Crippen molar-refractivity contribution in [2.75, 3.05) is 24.6 Å². The number of hydrogen-bond acceptors (Lipinski definition) is 4. The number of nitrogen functional groups attached to an aromatic ring is 1. The molecule has 7 heteroatoms. The molecule has 0 radical (unpaired) electrons. The number of nitriles is 1. The Morgan fingerprint density at radius 1 is 1.48 bits per heavy atom. The number of benzene rings is 1. The molecular formula is C14H18Cl2N4O. The van der Waals surface area contributed by atoms with Gasteiger partial charge in [-0.25, -0.2) is 0 Å². The third-order valence-corrected chi connectivity index (χ3v) is 3.67.